The van der Waals surface area contributed by atoms with Gasteiger partial charge in [-0.2, -0.15) is 0 Å². The van der Waals surface area contributed by atoms with E-state index in [2.05, 4.69) is 20.8 Å². The molecule has 7 nitrogen and oxygen atoms in total. The minimum atomic E-state index is 0. The van der Waals surface area contributed by atoms with E-state index in [1.807, 2.05) is 26.0 Å². The van der Waals surface area contributed by atoms with E-state index in [1.54, 1.807) is 12.4 Å². The van der Waals surface area contributed by atoms with Crippen LogP contribution in [0.3, 0.4) is 0 Å². The van der Waals surface area contributed by atoms with Gasteiger partial charge in [-0.15, -0.1) is 12.4 Å². The fourth-order valence-corrected chi connectivity index (χ4v) is 3.25. The van der Waals surface area contributed by atoms with Crippen molar-refractivity contribution in [1.82, 2.24) is 25.4 Å². The van der Waals surface area contributed by atoms with Crippen molar-refractivity contribution in [2.24, 2.45) is 0 Å². The van der Waals surface area contributed by atoms with Crippen LogP contribution in [0.5, 0.6) is 0 Å². The van der Waals surface area contributed by atoms with Gasteiger partial charge in [0.15, 0.2) is 5.82 Å². The van der Waals surface area contributed by atoms with Gasteiger partial charge in [-0.25, -0.2) is 9.97 Å². The largest absolute Gasteiger partial charge is 0.365 e. The summed E-state index contributed by atoms with van der Waals surface area (Å²) < 4.78 is 5.27. The maximum atomic E-state index is 5.27. The van der Waals surface area contributed by atoms with Crippen molar-refractivity contribution >= 4 is 18.2 Å². The van der Waals surface area contributed by atoms with E-state index in [0.717, 1.165) is 65.8 Å². The Morgan fingerprint density at radius 3 is 2.63 bits per heavy atom. The molecule has 0 amide bonds. The lowest BCUT2D eigenvalue weighted by Crippen LogP contribution is -2.16. The molecule has 8 heteroatoms. The number of hydrogen-bond donors (Lipinski definition) is 2. The van der Waals surface area contributed by atoms with Crippen LogP contribution in [0.25, 0.3) is 11.4 Å². The average molecular weight is 387 g/mol. The molecule has 0 spiro atoms. The van der Waals surface area contributed by atoms with E-state index in [1.165, 1.54) is 5.56 Å². The Morgan fingerprint density at radius 1 is 1.11 bits per heavy atom. The highest BCUT2D eigenvalue weighted by Crippen LogP contribution is 2.25. The molecule has 1 aliphatic heterocycles. The van der Waals surface area contributed by atoms with Crippen LogP contribution in [0.15, 0.2) is 29.0 Å². The van der Waals surface area contributed by atoms with Gasteiger partial charge >= 0.3 is 0 Å². The number of fused-ring (bicyclic) bond motifs is 1. The second kappa shape index (κ2) is 8.45. The predicted molar refractivity (Wildman–Crippen MR) is 106 cm³/mol. The van der Waals surface area contributed by atoms with Crippen LogP contribution in [0.4, 0.5) is 5.82 Å². The van der Waals surface area contributed by atoms with Crippen LogP contribution in [0, 0.1) is 13.8 Å². The van der Waals surface area contributed by atoms with Crippen LogP contribution < -0.4 is 10.6 Å². The molecule has 27 heavy (non-hydrogen) atoms. The SMILES string of the molecule is Cc1noc(C)c1CNc1nc(-c2ccncc2)nc2c1CCNCC2.Cl. The summed E-state index contributed by atoms with van der Waals surface area (Å²) in [6.07, 6.45) is 5.34. The Kier molecular flexibility index (Phi) is 6.03. The third-order valence-electron chi connectivity index (χ3n) is 4.74. The maximum Gasteiger partial charge on any atom is 0.161 e. The second-order valence-corrected chi connectivity index (χ2v) is 6.46. The third kappa shape index (κ3) is 4.09. The molecular weight excluding hydrogens is 364 g/mol. The lowest BCUT2D eigenvalue weighted by atomic mass is 10.1. The molecule has 0 saturated carbocycles. The molecule has 2 N–H and O–H groups in total. The predicted octanol–water partition coefficient (Wildman–Crippen LogP) is 2.87. The summed E-state index contributed by atoms with van der Waals surface area (Å²) in [6.45, 7) is 6.39. The third-order valence-corrected chi connectivity index (χ3v) is 4.74. The summed E-state index contributed by atoms with van der Waals surface area (Å²) >= 11 is 0. The van der Waals surface area contributed by atoms with E-state index in [9.17, 15) is 0 Å². The fraction of sp³-hybridized carbons (Fsp3) is 0.368. The van der Waals surface area contributed by atoms with Crippen molar-refractivity contribution in [2.45, 2.75) is 33.2 Å². The van der Waals surface area contributed by atoms with E-state index < -0.39 is 0 Å². The zero-order valence-electron chi connectivity index (χ0n) is 15.5. The van der Waals surface area contributed by atoms with Gasteiger partial charge in [0.2, 0.25) is 0 Å². The van der Waals surface area contributed by atoms with Crippen LogP contribution in [-0.2, 0) is 19.4 Å². The van der Waals surface area contributed by atoms with Crippen molar-refractivity contribution < 1.29 is 4.52 Å². The summed E-state index contributed by atoms with van der Waals surface area (Å²) in [4.78, 5) is 13.7. The summed E-state index contributed by atoms with van der Waals surface area (Å²) in [5, 5.41) is 11.0. The van der Waals surface area contributed by atoms with Gasteiger partial charge in [0.25, 0.3) is 0 Å². The van der Waals surface area contributed by atoms with E-state index in [-0.39, 0.29) is 12.4 Å². The van der Waals surface area contributed by atoms with Crippen molar-refractivity contribution in [1.29, 1.82) is 0 Å². The highest BCUT2D eigenvalue weighted by Gasteiger charge is 2.18. The highest BCUT2D eigenvalue weighted by atomic mass is 35.5. The first kappa shape index (κ1) is 19.3. The van der Waals surface area contributed by atoms with Gasteiger partial charge in [-0.3, -0.25) is 4.98 Å². The summed E-state index contributed by atoms with van der Waals surface area (Å²) in [5.74, 6) is 2.46. The summed E-state index contributed by atoms with van der Waals surface area (Å²) in [6, 6.07) is 3.88. The molecule has 0 radical (unpaired) electrons. The number of anilines is 1. The van der Waals surface area contributed by atoms with E-state index in [4.69, 9.17) is 14.5 Å². The number of rotatable bonds is 4. The quantitative estimate of drug-likeness (QED) is 0.712. The minimum Gasteiger partial charge on any atom is -0.365 e. The van der Waals surface area contributed by atoms with Crippen molar-refractivity contribution in [3.63, 3.8) is 0 Å². The van der Waals surface area contributed by atoms with Crippen LogP contribution in [-0.4, -0.2) is 33.2 Å². The van der Waals surface area contributed by atoms with Gasteiger partial charge in [-0.1, -0.05) is 5.16 Å². The summed E-state index contributed by atoms with van der Waals surface area (Å²) in [5.41, 5.74) is 5.26. The molecule has 3 aromatic rings. The molecule has 0 bridgehead atoms. The first-order valence-electron chi connectivity index (χ1n) is 8.89. The molecule has 3 aromatic heterocycles. The Labute approximate surface area is 164 Å². The Morgan fingerprint density at radius 2 is 1.89 bits per heavy atom. The average Bonchev–Trinajstić information content (AvgIpc) is 2.86. The summed E-state index contributed by atoms with van der Waals surface area (Å²) in [7, 11) is 0. The van der Waals surface area contributed by atoms with Gasteiger partial charge in [0.05, 0.1) is 11.4 Å². The van der Waals surface area contributed by atoms with Gasteiger partial charge in [0.1, 0.15) is 11.6 Å². The molecule has 0 aromatic carbocycles. The van der Waals surface area contributed by atoms with Crippen molar-refractivity contribution in [3.05, 3.63) is 52.8 Å². The molecule has 142 valence electrons. The van der Waals surface area contributed by atoms with E-state index >= 15 is 0 Å². The molecule has 0 saturated heterocycles. The Balaban J connectivity index is 0.00000210. The molecule has 0 aliphatic carbocycles. The number of aryl methyl sites for hydroxylation is 2. The maximum absolute atomic E-state index is 5.27. The van der Waals surface area contributed by atoms with Crippen LogP contribution in [0.1, 0.15) is 28.3 Å². The Bertz CT molecular complexity index is 893. The number of aromatic nitrogens is 4. The second-order valence-electron chi connectivity index (χ2n) is 6.46. The zero-order valence-corrected chi connectivity index (χ0v) is 16.3. The van der Waals surface area contributed by atoms with Gasteiger partial charge in [-0.05, 0) is 38.9 Å². The molecule has 0 unspecified atom stereocenters. The molecule has 4 heterocycles. The fourth-order valence-electron chi connectivity index (χ4n) is 3.25. The van der Waals surface area contributed by atoms with Gasteiger partial charge in [0, 0.05) is 48.6 Å². The number of halogens is 1. The Hall–Kier alpha value is -2.51. The first-order valence-corrected chi connectivity index (χ1v) is 8.89. The van der Waals surface area contributed by atoms with E-state index in [0.29, 0.717) is 6.54 Å². The van der Waals surface area contributed by atoms with Crippen LogP contribution in [0.2, 0.25) is 0 Å². The molecule has 1 aliphatic rings. The first-order chi connectivity index (χ1) is 12.7. The lowest BCUT2D eigenvalue weighted by Gasteiger charge is -2.15. The smallest absolute Gasteiger partial charge is 0.161 e. The van der Waals surface area contributed by atoms with Crippen LogP contribution >= 0.6 is 12.4 Å². The monoisotopic (exact) mass is 386 g/mol. The normalized spacial score (nSPS) is 13.4. The number of nitrogens with zero attached hydrogens (tertiary/aromatic N) is 4. The number of nitrogens with one attached hydrogen (secondary N) is 2. The molecule has 0 fully saturated rings. The van der Waals surface area contributed by atoms with Crippen molar-refractivity contribution in [3.8, 4) is 11.4 Å². The molecule has 4 rings (SSSR count). The highest BCUT2D eigenvalue weighted by molar-refractivity contribution is 5.85. The minimum absolute atomic E-state index is 0. The van der Waals surface area contributed by atoms with Crippen molar-refractivity contribution in [2.75, 3.05) is 18.4 Å². The standard InChI is InChI=1S/C19H22N6O.ClH/c1-12-16(13(2)26-25-12)11-22-19-15-5-9-21-10-6-17(15)23-18(24-19)14-3-7-20-8-4-14;/h3-4,7-8,21H,5-6,9-11H2,1-2H3,(H,22,23,24);1H. The number of pyridine rings is 1. The zero-order chi connectivity index (χ0) is 17.9. The molecular formula is C19H23ClN6O. The molecule has 0 atom stereocenters. The topological polar surface area (TPSA) is 88.8 Å². The number of hydrogen-bond acceptors (Lipinski definition) is 7. The van der Waals surface area contributed by atoms with Gasteiger partial charge < -0.3 is 15.2 Å². The lowest BCUT2D eigenvalue weighted by molar-refractivity contribution is 0.392.